The molecule has 0 saturated carbocycles. The number of aliphatic hydroxyl groups is 1. The average Bonchev–Trinajstić information content (AvgIpc) is 2.28. The van der Waals surface area contributed by atoms with Crippen LogP contribution in [0.15, 0.2) is 45.6 Å². The summed E-state index contributed by atoms with van der Waals surface area (Å²) in [5, 5.41) is 9.84. The van der Waals surface area contributed by atoms with Gasteiger partial charge in [-0.1, -0.05) is 12.1 Å². The molecule has 0 saturated heterocycles. The van der Waals surface area contributed by atoms with Crippen molar-refractivity contribution in [3.63, 3.8) is 0 Å². The van der Waals surface area contributed by atoms with Crippen molar-refractivity contribution in [1.82, 2.24) is 0 Å². The van der Waals surface area contributed by atoms with E-state index >= 15 is 0 Å². The molecule has 0 bridgehead atoms. The fraction of sp³-hybridized carbons (Fsp3) is 0.214. The highest BCUT2D eigenvalue weighted by molar-refractivity contribution is 5.77. The number of fused-ring (bicyclic) bond motifs is 1. The lowest BCUT2D eigenvalue weighted by atomic mass is 10.1. The van der Waals surface area contributed by atoms with Crippen LogP contribution in [-0.4, -0.2) is 11.2 Å². The van der Waals surface area contributed by atoms with Crippen LogP contribution in [0.2, 0.25) is 0 Å². The van der Waals surface area contributed by atoms with Crippen LogP contribution in [-0.2, 0) is 0 Å². The van der Waals surface area contributed by atoms with Crippen LogP contribution in [0.5, 0.6) is 0 Å². The fourth-order valence-electron chi connectivity index (χ4n) is 1.74. The molecule has 1 atom stereocenters. The molecule has 2 aromatic rings. The molecular weight excluding hydrogens is 216 g/mol. The second-order valence-electron chi connectivity index (χ2n) is 4.06. The molecular formula is C14H14O3. The Balaban J connectivity index is 2.62. The predicted molar refractivity (Wildman–Crippen MR) is 67.8 cm³/mol. The molecule has 0 aliphatic carbocycles. The van der Waals surface area contributed by atoms with Crippen molar-refractivity contribution in [2.45, 2.75) is 20.0 Å². The van der Waals surface area contributed by atoms with Crippen molar-refractivity contribution in [2.75, 3.05) is 0 Å². The van der Waals surface area contributed by atoms with Crippen LogP contribution >= 0.6 is 0 Å². The van der Waals surface area contributed by atoms with Gasteiger partial charge in [0.2, 0.25) is 0 Å². The molecule has 17 heavy (non-hydrogen) atoms. The van der Waals surface area contributed by atoms with E-state index in [2.05, 4.69) is 0 Å². The maximum Gasteiger partial charge on any atom is 0.193 e. The predicted octanol–water partition coefficient (Wildman–Crippen LogP) is 2.58. The third kappa shape index (κ3) is 2.45. The fourth-order valence-corrected chi connectivity index (χ4v) is 1.74. The van der Waals surface area contributed by atoms with Gasteiger partial charge in [-0.3, -0.25) is 4.79 Å². The largest absolute Gasteiger partial charge is 0.456 e. The van der Waals surface area contributed by atoms with E-state index in [1.165, 1.54) is 6.07 Å². The van der Waals surface area contributed by atoms with Gasteiger partial charge in [-0.05, 0) is 37.6 Å². The molecule has 1 aromatic carbocycles. The molecule has 1 aromatic heterocycles. The summed E-state index contributed by atoms with van der Waals surface area (Å²) in [6.45, 7) is 3.46. The SMILES string of the molecule is C/C(=C\C(C)O)c1cc(=O)c2ccccc2o1. The van der Waals surface area contributed by atoms with Gasteiger partial charge in [0, 0.05) is 6.07 Å². The van der Waals surface area contributed by atoms with Gasteiger partial charge in [0.05, 0.1) is 11.5 Å². The minimum atomic E-state index is -0.563. The number of hydrogen-bond donors (Lipinski definition) is 1. The quantitative estimate of drug-likeness (QED) is 0.862. The second-order valence-corrected chi connectivity index (χ2v) is 4.06. The smallest absolute Gasteiger partial charge is 0.193 e. The highest BCUT2D eigenvalue weighted by Gasteiger charge is 2.06. The van der Waals surface area contributed by atoms with Crippen LogP contribution in [0.25, 0.3) is 16.5 Å². The van der Waals surface area contributed by atoms with E-state index in [9.17, 15) is 9.90 Å². The number of benzene rings is 1. The minimum Gasteiger partial charge on any atom is -0.456 e. The molecule has 0 fully saturated rings. The summed E-state index contributed by atoms with van der Waals surface area (Å²) in [6.07, 6.45) is 1.08. The number of para-hydroxylation sites is 1. The van der Waals surface area contributed by atoms with Crippen molar-refractivity contribution < 1.29 is 9.52 Å². The molecule has 3 nitrogen and oxygen atoms in total. The number of rotatable bonds is 2. The van der Waals surface area contributed by atoms with Crippen LogP contribution in [0.4, 0.5) is 0 Å². The Morgan fingerprint density at radius 2 is 2.12 bits per heavy atom. The molecule has 88 valence electrons. The molecule has 0 radical (unpaired) electrons. The number of aliphatic hydroxyl groups excluding tert-OH is 1. The maximum atomic E-state index is 11.8. The van der Waals surface area contributed by atoms with Gasteiger partial charge >= 0.3 is 0 Å². The normalized spacial score (nSPS) is 13.9. The number of allylic oxidation sites excluding steroid dienone is 1. The van der Waals surface area contributed by atoms with Gasteiger partial charge in [-0.2, -0.15) is 0 Å². The highest BCUT2D eigenvalue weighted by Crippen LogP contribution is 2.18. The summed E-state index contributed by atoms with van der Waals surface area (Å²) < 4.78 is 5.63. The monoisotopic (exact) mass is 230 g/mol. The van der Waals surface area contributed by atoms with Gasteiger partial charge in [0.25, 0.3) is 0 Å². The van der Waals surface area contributed by atoms with E-state index in [4.69, 9.17) is 4.42 Å². The Labute approximate surface area is 99.0 Å². The molecule has 0 amide bonds. The third-order valence-corrected chi connectivity index (χ3v) is 2.51. The maximum absolute atomic E-state index is 11.8. The van der Waals surface area contributed by atoms with Crippen LogP contribution in [0.3, 0.4) is 0 Å². The Morgan fingerprint density at radius 1 is 1.41 bits per heavy atom. The summed E-state index contributed by atoms with van der Waals surface area (Å²) in [7, 11) is 0. The van der Waals surface area contributed by atoms with Crippen molar-refractivity contribution in [2.24, 2.45) is 0 Å². The molecule has 0 spiro atoms. The van der Waals surface area contributed by atoms with E-state index in [1.807, 2.05) is 6.07 Å². The van der Waals surface area contributed by atoms with Crippen molar-refractivity contribution in [1.29, 1.82) is 0 Å². The molecule has 1 N–H and O–H groups in total. The topological polar surface area (TPSA) is 50.4 Å². The first kappa shape index (κ1) is 11.6. The molecule has 1 unspecified atom stereocenters. The average molecular weight is 230 g/mol. The van der Waals surface area contributed by atoms with E-state index < -0.39 is 6.10 Å². The summed E-state index contributed by atoms with van der Waals surface area (Å²) in [6, 6.07) is 8.57. The molecule has 0 aliphatic rings. The van der Waals surface area contributed by atoms with Gasteiger partial charge in [-0.15, -0.1) is 0 Å². The lowest BCUT2D eigenvalue weighted by Crippen LogP contribution is -2.02. The lowest BCUT2D eigenvalue weighted by Gasteiger charge is -2.04. The highest BCUT2D eigenvalue weighted by atomic mass is 16.3. The van der Waals surface area contributed by atoms with E-state index in [0.29, 0.717) is 16.7 Å². The molecule has 1 heterocycles. The van der Waals surface area contributed by atoms with Gasteiger partial charge in [0.15, 0.2) is 5.43 Å². The first-order valence-electron chi connectivity index (χ1n) is 5.47. The first-order valence-corrected chi connectivity index (χ1v) is 5.47. The first-order chi connectivity index (χ1) is 8.08. The van der Waals surface area contributed by atoms with Gasteiger partial charge < -0.3 is 9.52 Å². The van der Waals surface area contributed by atoms with Crippen LogP contribution < -0.4 is 5.43 Å². The van der Waals surface area contributed by atoms with Crippen molar-refractivity contribution >= 4 is 16.5 Å². The van der Waals surface area contributed by atoms with Crippen molar-refractivity contribution in [3.05, 3.63) is 52.4 Å². The zero-order valence-electron chi connectivity index (χ0n) is 9.81. The Morgan fingerprint density at radius 3 is 2.82 bits per heavy atom. The third-order valence-electron chi connectivity index (χ3n) is 2.51. The van der Waals surface area contributed by atoms with Crippen LogP contribution in [0.1, 0.15) is 19.6 Å². The zero-order chi connectivity index (χ0) is 12.4. The van der Waals surface area contributed by atoms with E-state index in [0.717, 1.165) is 5.57 Å². The van der Waals surface area contributed by atoms with Gasteiger partial charge in [-0.25, -0.2) is 0 Å². The van der Waals surface area contributed by atoms with Crippen molar-refractivity contribution in [3.8, 4) is 0 Å². The summed E-state index contributed by atoms with van der Waals surface area (Å²) in [4.78, 5) is 11.8. The summed E-state index contributed by atoms with van der Waals surface area (Å²) >= 11 is 0. The lowest BCUT2D eigenvalue weighted by molar-refractivity contribution is 0.244. The zero-order valence-corrected chi connectivity index (χ0v) is 9.81. The standard InChI is InChI=1S/C14H14O3/c1-9(7-10(2)15)14-8-12(16)11-5-3-4-6-13(11)17-14/h3-8,10,15H,1-2H3/b9-7+. The Bertz CT molecular complexity index is 621. The van der Waals surface area contributed by atoms with Gasteiger partial charge in [0.1, 0.15) is 11.3 Å². The molecule has 0 aliphatic heterocycles. The van der Waals surface area contributed by atoms with E-state index in [1.54, 1.807) is 38.1 Å². The van der Waals surface area contributed by atoms with Crippen LogP contribution in [0, 0.1) is 0 Å². The second kappa shape index (κ2) is 4.55. The Hall–Kier alpha value is -1.87. The summed E-state index contributed by atoms with van der Waals surface area (Å²) in [5.41, 5.74) is 1.25. The molecule has 2 rings (SSSR count). The number of hydrogen-bond acceptors (Lipinski definition) is 3. The Kier molecular flexibility index (Phi) is 3.11. The molecule has 3 heteroatoms. The summed E-state index contributed by atoms with van der Waals surface area (Å²) in [5.74, 6) is 0.495. The minimum absolute atomic E-state index is 0.0693. The van der Waals surface area contributed by atoms with E-state index in [-0.39, 0.29) is 5.43 Å².